The van der Waals surface area contributed by atoms with E-state index >= 15 is 0 Å². The molecule has 0 radical (unpaired) electrons. The molecule has 0 amide bonds. The summed E-state index contributed by atoms with van der Waals surface area (Å²) < 4.78 is 9.90. The van der Waals surface area contributed by atoms with Crippen LogP contribution in [0.5, 0.6) is 0 Å². The number of alkyl halides is 2. The van der Waals surface area contributed by atoms with Crippen LogP contribution in [-0.2, 0) is 9.47 Å². The van der Waals surface area contributed by atoms with E-state index in [9.17, 15) is 0 Å². The summed E-state index contributed by atoms with van der Waals surface area (Å²) in [4.78, 5) is 0. The van der Waals surface area contributed by atoms with Gasteiger partial charge in [0.2, 0.25) is 0 Å². The van der Waals surface area contributed by atoms with Gasteiger partial charge in [0, 0.05) is 5.88 Å². The van der Waals surface area contributed by atoms with Crippen LogP contribution in [-0.4, -0.2) is 31.3 Å². The highest BCUT2D eigenvalue weighted by molar-refractivity contribution is 6.20. The predicted molar refractivity (Wildman–Crippen MR) is 42.8 cm³/mol. The quantitative estimate of drug-likeness (QED) is 0.359. The Morgan fingerprint density at radius 2 is 2.10 bits per heavy atom. The van der Waals surface area contributed by atoms with Gasteiger partial charge in [0.05, 0.1) is 18.6 Å². The highest BCUT2D eigenvalue weighted by Gasteiger charge is 1.94. The zero-order valence-electron chi connectivity index (χ0n) is 5.98. The van der Waals surface area contributed by atoms with Crippen LogP contribution in [0.15, 0.2) is 0 Å². The second kappa shape index (κ2) is 7.61. The first-order chi connectivity index (χ1) is 4.77. The summed E-state index contributed by atoms with van der Waals surface area (Å²) in [6, 6.07) is 0. The van der Waals surface area contributed by atoms with Crippen LogP contribution in [0.25, 0.3) is 0 Å². The zero-order valence-corrected chi connectivity index (χ0v) is 7.49. The minimum Gasteiger partial charge on any atom is -0.354 e. The van der Waals surface area contributed by atoms with Gasteiger partial charge >= 0.3 is 0 Å². The summed E-state index contributed by atoms with van der Waals surface area (Å²) in [7, 11) is 0. The van der Waals surface area contributed by atoms with Crippen LogP contribution < -0.4 is 0 Å². The highest BCUT2D eigenvalue weighted by Crippen LogP contribution is 1.93. The van der Waals surface area contributed by atoms with E-state index in [1.54, 1.807) is 0 Å². The number of ether oxygens (including phenoxy) is 2. The Kier molecular flexibility index (Phi) is 7.99. The molecule has 0 fully saturated rings. The van der Waals surface area contributed by atoms with Gasteiger partial charge in [-0.05, 0) is 6.92 Å². The molecule has 0 bridgehead atoms. The minimum absolute atomic E-state index is 0.0413. The molecule has 0 aliphatic heterocycles. The van der Waals surface area contributed by atoms with Gasteiger partial charge in [-0.25, -0.2) is 0 Å². The van der Waals surface area contributed by atoms with Crippen LogP contribution >= 0.6 is 23.2 Å². The van der Waals surface area contributed by atoms with Crippen LogP contribution in [0.3, 0.4) is 0 Å². The van der Waals surface area contributed by atoms with Crippen molar-refractivity contribution in [2.45, 2.75) is 12.3 Å². The van der Waals surface area contributed by atoms with E-state index < -0.39 is 0 Å². The molecule has 4 heteroatoms. The first kappa shape index (κ1) is 10.5. The van der Waals surface area contributed by atoms with E-state index in [1.165, 1.54) is 0 Å². The second-order valence-electron chi connectivity index (χ2n) is 1.87. The first-order valence-corrected chi connectivity index (χ1v) is 4.10. The average molecular weight is 187 g/mol. The zero-order chi connectivity index (χ0) is 7.82. The van der Waals surface area contributed by atoms with Crippen molar-refractivity contribution in [1.82, 2.24) is 0 Å². The van der Waals surface area contributed by atoms with Gasteiger partial charge in [-0.2, -0.15) is 0 Å². The Bertz CT molecular complexity index is 68.8. The monoisotopic (exact) mass is 186 g/mol. The van der Waals surface area contributed by atoms with Gasteiger partial charge in [-0.15, -0.1) is 23.2 Å². The van der Waals surface area contributed by atoms with Crippen molar-refractivity contribution in [3.63, 3.8) is 0 Å². The summed E-state index contributed by atoms with van der Waals surface area (Å²) in [5.74, 6) is 0.500. The van der Waals surface area contributed by atoms with Crippen molar-refractivity contribution < 1.29 is 9.47 Å². The van der Waals surface area contributed by atoms with Crippen molar-refractivity contribution >= 4 is 23.2 Å². The Hall–Kier alpha value is 0.500. The van der Waals surface area contributed by atoms with E-state index in [4.69, 9.17) is 32.7 Å². The summed E-state index contributed by atoms with van der Waals surface area (Å²) >= 11 is 10.9. The van der Waals surface area contributed by atoms with Gasteiger partial charge in [0.1, 0.15) is 6.79 Å². The van der Waals surface area contributed by atoms with E-state index in [0.29, 0.717) is 19.1 Å². The SMILES string of the molecule is CC(Cl)COCOCCCl. The van der Waals surface area contributed by atoms with Crippen LogP contribution in [0, 0.1) is 0 Å². The first-order valence-electron chi connectivity index (χ1n) is 3.13. The maximum Gasteiger partial charge on any atom is 0.146 e. The summed E-state index contributed by atoms with van der Waals surface area (Å²) in [6.45, 7) is 3.19. The lowest BCUT2D eigenvalue weighted by Crippen LogP contribution is -2.08. The standard InChI is InChI=1S/C6H12Cl2O2/c1-6(8)4-10-5-9-3-2-7/h6H,2-5H2,1H3. The molecule has 62 valence electrons. The largest absolute Gasteiger partial charge is 0.354 e. The van der Waals surface area contributed by atoms with Crippen molar-refractivity contribution in [1.29, 1.82) is 0 Å². The van der Waals surface area contributed by atoms with Crippen molar-refractivity contribution in [3.8, 4) is 0 Å². The van der Waals surface area contributed by atoms with E-state index in [1.807, 2.05) is 6.92 Å². The molecular formula is C6H12Cl2O2. The number of hydrogen-bond acceptors (Lipinski definition) is 2. The van der Waals surface area contributed by atoms with Crippen LogP contribution in [0.2, 0.25) is 0 Å². The molecule has 0 aromatic rings. The molecule has 0 spiro atoms. The minimum atomic E-state index is 0.0413. The molecule has 1 unspecified atom stereocenters. The number of halogens is 2. The second-order valence-corrected chi connectivity index (χ2v) is 2.99. The molecule has 0 rings (SSSR count). The Morgan fingerprint density at radius 3 is 2.60 bits per heavy atom. The van der Waals surface area contributed by atoms with Gasteiger partial charge in [0.15, 0.2) is 0 Å². The summed E-state index contributed by atoms with van der Waals surface area (Å²) in [5, 5.41) is 0.0413. The number of rotatable bonds is 6. The van der Waals surface area contributed by atoms with Crippen molar-refractivity contribution in [2.24, 2.45) is 0 Å². The molecule has 0 aliphatic carbocycles. The summed E-state index contributed by atoms with van der Waals surface area (Å²) in [5.41, 5.74) is 0. The topological polar surface area (TPSA) is 18.5 Å². The van der Waals surface area contributed by atoms with Gasteiger partial charge in [-0.3, -0.25) is 0 Å². The number of hydrogen-bond donors (Lipinski definition) is 0. The Morgan fingerprint density at radius 1 is 1.40 bits per heavy atom. The fraction of sp³-hybridized carbons (Fsp3) is 1.00. The Balaban J connectivity index is 2.77. The fourth-order valence-corrected chi connectivity index (χ4v) is 0.581. The molecule has 0 heterocycles. The average Bonchev–Trinajstić information content (AvgIpc) is 1.87. The van der Waals surface area contributed by atoms with Crippen LogP contribution in [0.1, 0.15) is 6.92 Å². The van der Waals surface area contributed by atoms with Crippen molar-refractivity contribution in [2.75, 3.05) is 25.9 Å². The lowest BCUT2D eigenvalue weighted by Gasteiger charge is -2.04. The molecule has 1 atom stereocenters. The molecule has 0 aromatic carbocycles. The third-order valence-electron chi connectivity index (χ3n) is 0.736. The molecule has 10 heavy (non-hydrogen) atoms. The molecule has 0 aliphatic rings. The molecule has 0 aromatic heterocycles. The molecule has 2 nitrogen and oxygen atoms in total. The normalized spacial score (nSPS) is 13.5. The fourth-order valence-electron chi connectivity index (χ4n) is 0.383. The van der Waals surface area contributed by atoms with Crippen LogP contribution in [0.4, 0.5) is 0 Å². The lowest BCUT2D eigenvalue weighted by molar-refractivity contribution is -0.0474. The van der Waals surface area contributed by atoms with Gasteiger partial charge in [-0.1, -0.05) is 0 Å². The van der Waals surface area contributed by atoms with Gasteiger partial charge in [0.25, 0.3) is 0 Å². The van der Waals surface area contributed by atoms with E-state index in [-0.39, 0.29) is 12.2 Å². The lowest BCUT2D eigenvalue weighted by atomic mass is 10.5. The molecular weight excluding hydrogens is 175 g/mol. The predicted octanol–water partition coefficient (Wildman–Crippen LogP) is 1.84. The maximum absolute atomic E-state index is 5.58. The van der Waals surface area contributed by atoms with E-state index in [2.05, 4.69) is 0 Å². The van der Waals surface area contributed by atoms with Gasteiger partial charge < -0.3 is 9.47 Å². The third-order valence-corrected chi connectivity index (χ3v) is 1.02. The molecule has 0 N–H and O–H groups in total. The summed E-state index contributed by atoms with van der Waals surface area (Å²) in [6.07, 6.45) is 0. The van der Waals surface area contributed by atoms with E-state index in [0.717, 1.165) is 0 Å². The molecule has 0 saturated carbocycles. The van der Waals surface area contributed by atoms with Crippen molar-refractivity contribution in [3.05, 3.63) is 0 Å². The Labute approximate surface area is 71.4 Å². The highest BCUT2D eigenvalue weighted by atomic mass is 35.5. The molecule has 0 saturated heterocycles. The smallest absolute Gasteiger partial charge is 0.146 e. The third kappa shape index (κ3) is 8.50. The maximum atomic E-state index is 5.58.